The molecule has 2 aromatic rings. The van der Waals surface area contributed by atoms with Gasteiger partial charge in [-0.05, 0) is 51.3 Å². The van der Waals surface area contributed by atoms with Crippen molar-refractivity contribution in [3.05, 3.63) is 72.8 Å². The summed E-state index contributed by atoms with van der Waals surface area (Å²) < 4.78 is 18.9. The zero-order valence-electron chi connectivity index (χ0n) is 27.7. The largest absolute Gasteiger partial charge is 0.466 e. The van der Waals surface area contributed by atoms with Crippen LogP contribution in [0, 0.1) is 0 Å². The number of aliphatic hydroxyl groups excluding tert-OH is 1. The van der Waals surface area contributed by atoms with Gasteiger partial charge in [0.15, 0.2) is 0 Å². The molecule has 0 fully saturated rings. The van der Waals surface area contributed by atoms with Gasteiger partial charge in [0, 0.05) is 12.7 Å². The number of ether oxygens (including phenoxy) is 1. The molecule has 5 nitrogen and oxygen atoms in total. The highest BCUT2D eigenvalue weighted by Crippen LogP contribution is 2.44. The second-order valence-corrected chi connectivity index (χ2v) is 23.1. The average Bonchev–Trinajstić information content (AvgIpc) is 2.93. The van der Waals surface area contributed by atoms with E-state index < -0.39 is 22.7 Å². The van der Waals surface area contributed by atoms with Crippen molar-refractivity contribution < 1.29 is 23.5 Å². The van der Waals surface area contributed by atoms with Crippen molar-refractivity contribution in [2.24, 2.45) is 0 Å². The number of aliphatic hydroxyl groups is 1. The van der Waals surface area contributed by atoms with Gasteiger partial charge < -0.3 is 18.7 Å². The summed E-state index contributed by atoms with van der Waals surface area (Å²) in [5.74, 6) is -0.381. The Morgan fingerprint density at radius 1 is 0.857 bits per heavy atom. The predicted octanol–water partition coefficient (Wildman–Crippen LogP) is 7.38. The van der Waals surface area contributed by atoms with Crippen molar-refractivity contribution in [2.75, 3.05) is 13.7 Å². The lowest BCUT2D eigenvalue weighted by Gasteiger charge is -2.45. The monoisotopic (exact) mass is 612 g/mol. The third-order valence-electron chi connectivity index (χ3n) is 8.65. The van der Waals surface area contributed by atoms with Crippen LogP contribution in [0.5, 0.6) is 0 Å². The first-order valence-corrected chi connectivity index (χ1v) is 19.6. The van der Waals surface area contributed by atoms with Gasteiger partial charge in [0.2, 0.25) is 8.32 Å². The van der Waals surface area contributed by atoms with E-state index in [4.69, 9.17) is 13.6 Å². The summed E-state index contributed by atoms with van der Waals surface area (Å²) in [4.78, 5) is 11.8. The third-order valence-corrected chi connectivity index (χ3v) is 19.9. The van der Waals surface area contributed by atoms with Crippen LogP contribution in [0.3, 0.4) is 0 Å². The highest BCUT2D eigenvalue weighted by atomic mass is 28.4. The molecular formula is C35H56O5Si2. The normalized spacial score (nSPS) is 14.6. The van der Waals surface area contributed by atoms with Crippen LogP contribution in [0.15, 0.2) is 72.8 Å². The summed E-state index contributed by atoms with van der Waals surface area (Å²) >= 11 is 0. The molecule has 0 aliphatic heterocycles. The molecule has 2 aromatic carbocycles. The van der Waals surface area contributed by atoms with Crippen LogP contribution in [0.25, 0.3) is 0 Å². The number of methoxy groups -OCH3 is 1. The first-order valence-electron chi connectivity index (χ1n) is 15.6. The minimum absolute atomic E-state index is 0.123. The van der Waals surface area contributed by atoms with Crippen LogP contribution in [0.4, 0.5) is 0 Å². The van der Waals surface area contributed by atoms with E-state index in [0.29, 0.717) is 42.5 Å². The van der Waals surface area contributed by atoms with Gasteiger partial charge in [-0.2, -0.15) is 0 Å². The number of benzene rings is 2. The molecule has 0 unspecified atom stereocenters. The lowest BCUT2D eigenvalue weighted by atomic mass is 10.1. The Balaban J connectivity index is 2.31. The molecule has 0 aromatic heterocycles. The predicted molar refractivity (Wildman–Crippen MR) is 181 cm³/mol. The maximum Gasteiger partial charge on any atom is 0.330 e. The first-order chi connectivity index (χ1) is 19.7. The molecule has 0 saturated heterocycles. The Bertz CT molecular complexity index is 1030. The molecule has 0 amide bonds. The molecule has 42 heavy (non-hydrogen) atoms. The molecule has 0 aliphatic rings. The Morgan fingerprint density at radius 3 is 1.74 bits per heavy atom. The lowest BCUT2D eigenvalue weighted by molar-refractivity contribution is -0.134. The second kappa shape index (κ2) is 16.2. The van der Waals surface area contributed by atoms with Crippen LogP contribution in [-0.4, -0.2) is 53.6 Å². The van der Waals surface area contributed by atoms with E-state index >= 15 is 0 Å². The molecule has 0 aliphatic carbocycles. The molecule has 234 valence electrons. The fourth-order valence-electron chi connectivity index (χ4n) is 6.80. The molecule has 0 saturated carbocycles. The topological polar surface area (TPSA) is 65.0 Å². The molecule has 7 heteroatoms. The average molecular weight is 613 g/mol. The highest BCUT2D eigenvalue weighted by Gasteiger charge is 2.50. The van der Waals surface area contributed by atoms with Crippen molar-refractivity contribution in [3.63, 3.8) is 0 Å². The smallest absolute Gasteiger partial charge is 0.330 e. The number of rotatable bonds is 16. The Morgan fingerprint density at radius 2 is 1.33 bits per heavy atom. The molecule has 0 bridgehead atoms. The summed E-state index contributed by atoms with van der Waals surface area (Å²) in [6.45, 7) is 20.8. The van der Waals surface area contributed by atoms with Crippen molar-refractivity contribution in [1.29, 1.82) is 0 Å². The number of carbonyl (C=O) groups is 1. The van der Waals surface area contributed by atoms with E-state index in [1.54, 1.807) is 0 Å². The standard InChI is InChI=1S/C35H56O5Si2/c1-27(2)41(28(3)4,29(5)6)40-31(18-17-23-34(37)38-10)26-30(36)24-25-39-42(35(7,8)9,32-19-13-11-14-20-32)33-21-15-12-16-22-33/h11-17,19-23,27-31,36H,18,24-26H2,1-10H3/b23-17+/t30-,31-/m1/s1. The zero-order valence-corrected chi connectivity index (χ0v) is 29.7. The molecule has 1 N–H and O–H groups in total. The van der Waals surface area contributed by atoms with Gasteiger partial charge in [-0.15, -0.1) is 0 Å². The molecule has 0 spiro atoms. The Kier molecular flexibility index (Phi) is 13.9. The van der Waals surface area contributed by atoms with Crippen LogP contribution in [0.2, 0.25) is 21.7 Å². The van der Waals surface area contributed by atoms with Gasteiger partial charge in [-0.25, -0.2) is 4.79 Å². The van der Waals surface area contributed by atoms with Gasteiger partial charge in [0.05, 0.1) is 19.3 Å². The molecular weight excluding hydrogens is 557 g/mol. The maximum atomic E-state index is 11.8. The molecule has 2 atom stereocenters. The zero-order chi connectivity index (χ0) is 31.6. The summed E-state index contributed by atoms with van der Waals surface area (Å²) in [7, 11) is -3.50. The fraction of sp³-hybridized carbons (Fsp3) is 0.571. The maximum absolute atomic E-state index is 11.8. The fourth-order valence-corrected chi connectivity index (χ4v) is 17.0. The Labute approximate surface area is 257 Å². The molecule has 0 heterocycles. The van der Waals surface area contributed by atoms with Gasteiger partial charge in [0.25, 0.3) is 8.32 Å². The summed E-state index contributed by atoms with van der Waals surface area (Å²) in [5, 5.41) is 13.7. The van der Waals surface area contributed by atoms with Gasteiger partial charge in [0.1, 0.15) is 0 Å². The van der Waals surface area contributed by atoms with Crippen LogP contribution in [-0.2, 0) is 18.4 Å². The SMILES string of the molecule is COC(=O)/C=C/C[C@H](C[C@H](O)CCO[Si](c1ccccc1)(c1ccccc1)C(C)(C)C)O[Si](C(C)C)(C(C)C)C(C)C. The minimum Gasteiger partial charge on any atom is -0.466 e. The van der Waals surface area contributed by atoms with Crippen molar-refractivity contribution >= 4 is 33.0 Å². The number of hydrogen-bond donors (Lipinski definition) is 1. The number of carbonyl (C=O) groups excluding carboxylic acids is 1. The molecule has 0 radical (unpaired) electrons. The van der Waals surface area contributed by atoms with Crippen molar-refractivity contribution in [2.45, 2.75) is 115 Å². The highest BCUT2D eigenvalue weighted by molar-refractivity contribution is 6.99. The summed E-state index contributed by atoms with van der Waals surface area (Å²) in [5.41, 5.74) is 1.25. The lowest BCUT2D eigenvalue weighted by Crippen LogP contribution is -2.66. The Hall–Kier alpha value is -2.04. The summed E-state index contributed by atoms with van der Waals surface area (Å²) in [6.07, 6.45) is 4.01. The van der Waals surface area contributed by atoms with Gasteiger partial charge in [-0.1, -0.05) is 129 Å². The number of hydrogen-bond acceptors (Lipinski definition) is 5. The van der Waals surface area contributed by atoms with E-state index in [-0.39, 0.29) is 17.1 Å². The van der Waals surface area contributed by atoms with E-state index in [9.17, 15) is 9.90 Å². The van der Waals surface area contributed by atoms with E-state index in [2.05, 4.69) is 111 Å². The van der Waals surface area contributed by atoms with E-state index in [1.807, 2.05) is 18.2 Å². The number of esters is 1. The second-order valence-electron chi connectivity index (χ2n) is 13.4. The quantitative estimate of drug-likeness (QED) is 0.122. The van der Waals surface area contributed by atoms with E-state index in [0.717, 1.165) is 0 Å². The van der Waals surface area contributed by atoms with Crippen LogP contribution in [0.1, 0.15) is 81.6 Å². The van der Waals surface area contributed by atoms with Crippen molar-refractivity contribution in [1.82, 2.24) is 0 Å². The third kappa shape index (κ3) is 8.76. The van der Waals surface area contributed by atoms with E-state index in [1.165, 1.54) is 23.6 Å². The molecule has 2 rings (SSSR count). The van der Waals surface area contributed by atoms with Crippen LogP contribution >= 0.6 is 0 Å². The van der Waals surface area contributed by atoms with Crippen molar-refractivity contribution in [3.8, 4) is 0 Å². The minimum atomic E-state index is -2.67. The van der Waals surface area contributed by atoms with Crippen LogP contribution < -0.4 is 10.4 Å². The first kappa shape index (κ1) is 36.2. The summed E-state index contributed by atoms with van der Waals surface area (Å²) in [6, 6.07) is 21.2. The van der Waals surface area contributed by atoms with Gasteiger partial charge >= 0.3 is 5.97 Å². The van der Waals surface area contributed by atoms with Gasteiger partial charge in [-0.3, -0.25) is 0 Å².